The molecule has 72 valence electrons. The highest BCUT2D eigenvalue weighted by Gasteiger charge is 2.17. The van der Waals surface area contributed by atoms with Crippen molar-refractivity contribution in [3.63, 3.8) is 0 Å². The van der Waals surface area contributed by atoms with E-state index in [9.17, 15) is 13.2 Å². The van der Waals surface area contributed by atoms with Crippen molar-refractivity contribution in [3.05, 3.63) is 28.8 Å². The molecule has 0 aliphatic heterocycles. The van der Waals surface area contributed by atoms with Crippen LogP contribution in [0.15, 0.2) is 6.20 Å². The topological polar surface area (TPSA) is 38.9 Å². The summed E-state index contributed by atoms with van der Waals surface area (Å²) in [6, 6.07) is 0. The Balaban J connectivity index is 3.30. The minimum Gasteiger partial charge on any atom is -0.326 e. The zero-order valence-corrected chi connectivity index (χ0v) is 7.02. The molecular weight excluding hydrogens is 181 g/mol. The van der Waals surface area contributed by atoms with Crippen LogP contribution < -0.4 is 5.73 Å². The van der Waals surface area contributed by atoms with Gasteiger partial charge in [-0.1, -0.05) is 0 Å². The number of nitrogens with zero attached hydrogens (tertiary/aromatic N) is 1. The molecule has 0 radical (unpaired) electrons. The van der Waals surface area contributed by atoms with Crippen LogP contribution in [-0.2, 0) is 6.54 Å². The molecule has 0 spiro atoms. The summed E-state index contributed by atoms with van der Waals surface area (Å²) in [6.07, 6.45) is -1.92. The molecule has 0 amide bonds. The van der Waals surface area contributed by atoms with E-state index in [1.54, 1.807) is 0 Å². The van der Waals surface area contributed by atoms with Gasteiger partial charge in [0.1, 0.15) is 11.5 Å². The summed E-state index contributed by atoms with van der Waals surface area (Å²) in [5.74, 6) is -0.607. The smallest absolute Gasteiger partial charge is 0.280 e. The highest BCUT2D eigenvalue weighted by molar-refractivity contribution is 5.30. The lowest BCUT2D eigenvalue weighted by Crippen LogP contribution is -2.08. The fourth-order valence-corrected chi connectivity index (χ4v) is 1.08. The second-order valence-corrected chi connectivity index (χ2v) is 2.60. The number of rotatable bonds is 2. The first-order chi connectivity index (χ1) is 6.07. The lowest BCUT2D eigenvalue weighted by molar-refractivity contribution is 0.144. The van der Waals surface area contributed by atoms with Gasteiger partial charge < -0.3 is 5.73 Å². The van der Waals surface area contributed by atoms with Crippen LogP contribution in [0, 0.1) is 12.7 Å². The molecule has 1 aromatic rings. The molecule has 2 nitrogen and oxygen atoms in total. The molecule has 0 aromatic carbocycles. The minimum atomic E-state index is -2.71. The predicted molar refractivity (Wildman–Crippen MR) is 41.8 cm³/mol. The van der Waals surface area contributed by atoms with Gasteiger partial charge in [0.05, 0.1) is 6.20 Å². The molecule has 2 N–H and O–H groups in total. The maximum atomic E-state index is 12.8. The van der Waals surface area contributed by atoms with Gasteiger partial charge in [0, 0.05) is 6.54 Å². The molecule has 1 heterocycles. The molecule has 1 aromatic heterocycles. The van der Waals surface area contributed by atoms with E-state index in [0.717, 1.165) is 6.20 Å². The summed E-state index contributed by atoms with van der Waals surface area (Å²) in [4.78, 5) is 3.30. The Morgan fingerprint density at radius 2 is 2.15 bits per heavy atom. The molecule has 0 fully saturated rings. The molecule has 0 saturated carbocycles. The van der Waals surface area contributed by atoms with Crippen LogP contribution in [-0.4, -0.2) is 4.98 Å². The van der Waals surface area contributed by atoms with Gasteiger partial charge in [0.15, 0.2) is 0 Å². The maximum absolute atomic E-state index is 12.8. The van der Waals surface area contributed by atoms with Crippen LogP contribution >= 0.6 is 0 Å². The van der Waals surface area contributed by atoms with Crippen molar-refractivity contribution >= 4 is 0 Å². The van der Waals surface area contributed by atoms with Crippen molar-refractivity contribution in [2.75, 3.05) is 0 Å². The Hall–Kier alpha value is -1.10. The summed E-state index contributed by atoms with van der Waals surface area (Å²) in [5.41, 5.74) is 5.03. The third kappa shape index (κ3) is 1.80. The van der Waals surface area contributed by atoms with E-state index < -0.39 is 17.9 Å². The van der Waals surface area contributed by atoms with Gasteiger partial charge >= 0.3 is 0 Å². The fourth-order valence-electron chi connectivity index (χ4n) is 1.08. The average molecular weight is 190 g/mol. The average Bonchev–Trinajstić information content (AvgIpc) is 2.09. The Kier molecular flexibility index (Phi) is 2.87. The van der Waals surface area contributed by atoms with E-state index in [2.05, 4.69) is 4.98 Å². The normalized spacial score (nSPS) is 10.9. The van der Waals surface area contributed by atoms with Crippen molar-refractivity contribution in [1.29, 1.82) is 0 Å². The zero-order valence-electron chi connectivity index (χ0n) is 7.02. The zero-order chi connectivity index (χ0) is 10.0. The first-order valence-electron chi connectivity index (χ1n) is 3.70. The maximum Gasteiger partial charge on any atom is 0.280 e. The molecule has 0 aliphatic carbocycles. The highest BCUT2D eigenvalue weighted by Crippen LogP contribution is 2.23. The van der Waals surface area contributed by atoms with E-state index in [1.165, 1.54) is 6.92 Å². The highest BCUT2D eigenvalue weighted by atomic mass is 19.3. The van der Waals surface area contributed by atoms with E-state index >= 15 is 0 Å². The molecule has 5 heteroatoms. The Morgan fingerprint density at radius 3 is 2.62 bits per heavy atom. The fraction of sp³-hybridized carbons (Fsp3) is 0.375. The van der Waals surface area contributed by atoms with Crippen LogP contribution in [0.5, 0.6) is 0 Å². The van der Waals surface area contributed by atoms with E-state index in [4.69, 9.17) is 5.73 Å². The third-order valence-electron chi connectivity index (χ3n) is 1.85. The van der Waals surface area contributed by atoms with Crippen LogP contribution in [0.4, 0.5) is 13.2 Å². The number of nitrogens with two attached hydrogens (primary N) is 1. The van der Waals surface area contributed by atoms with Crippen molar-refractivity contribution in [2.45, 2.75) is 19.9 Å². The molecule has 13 heavy (non-hydrogen) atoms. The van der Waals surface area contributed by atoms with Crippen LogP contribution in [0.25, 0.3) is 0 Å². The summed E-state index contributed by atoms with van der Waals surface area (Å²) < 4.78 is 37.4. The van der Waals surface area contributed by atoms with Gasteiger partial charge in [-0.25, -0.2) is 13.2 Å². The number of alkyl halides is 2. The lowest BCUT2D eigenvalue weighted by atomic mass is 10.1. The number of hydrogen-bond acceptors (Lipinski definition) is 2. The SMILES string of the molecule is Cc1c(F)cnc(C(F)F)c1CN. The molecule has 0 unspecified atom stereocenters. The van der Waals surface area contributed by atoms with Gasteiger partial charge in [0.2, 0.25) is 0 Å². The second-order valence-electron chi connectivity index (χ2n) is 2.60. The summed E-state index contributed by atoms with van der Waals surface area (Å²) in [5, 5.41) is 0. The molecule has 1 rings (SSSR count). The Morgan fingerprint density at radius 1 is 1.54 bits per heavy atom. The Bertz CT molecular complexity index is 313. The van der Waals surface area contributed by atoms with E-state index in [0.29, 0.717) is 0 Å². The monoisotopic (exact) mass is 190 g/mol. The van der Waals surface area contributed by atoms with Crippen LogP contribution in [0.1, 0.15) is 23.2 Å². The lowest BCUT2D eigenvalue weighted by Gasteiger charge is -2.09. The van der Waals surface area contributed by atoms with Gasteiger partial charge in [-0.3, -0.25) is 4.98 Å². The van der Waals surface area contributed by atoms with Gasteiger partial charge in [-0.15, -0.1) is 0 Å². The van der Waals surface area contributed by atoms with E-state index in [-0.39, 0.29) is 17.7 Å². The van der Waals surface area contributed by atoms with Crippen molar-refractivity contribution in [1.82, 2.24) is 4.98 Å². The quantitative estimate of drug-likeness (QED) is 0.773. The van der Waals surface area contributed by atoms with Crippen molar-refractivity contribution < 1.29 is 13.2 Å². The van der Waals surface area contributed by atoms with Crippen LogP contribution in [0.3, 0.4) is 0 Å². The predicted octanol–water partition coefficient (Wildman–Crippen LogP) is 1.93. The van der Waals surface area contributed by atoms with Gasteiger partial charge in [-0.05, 0) is 18.1 Å². The molecule has 0 bridgehead atoms. The number of hydrogen-bond donors (Lipinski definition) is 1. The largest absolute Gasteiger partial charge is 0.326 e. The van der Waals surface area contributed by atoms with Gasteiger partial charge in [0.25, 0.3) is 6.43 Å². The summed E-state index contributed by atoms with van der Waals surface area (Å²) in [7, 11) is 0. The molecule has 0 atom stereocenters. The standard InChI is InChI=1S/C8H9F3N2/c1-4-5(2-12)7(8(10)11)13-3-6(4)9/h3,8H,2,12H2,1H3. The van der Waals surface area contributed by atoms with Crippen LogP contribution in [0.2, 0.25) is 0 Å². The van der Waals surface area contributed by atoms with Crippen molar-refractivity contribution in [3.8, 4) is 0 Å². The Labute approximate surface area is 73.6 Å². The summed E-state index contributed by atoms with van der Waals surface area (Å²) >= 11 is 0. The second kappa shape index (κ2) is 3.74. The number of pyridine rings is 1. The number of halogens is 3. The first-order valence-corrected chi connectivity index (χ1v) is 3.70. The third-order valence-corrected chi connectivity index (χ3v) is 1.85. The van der Waals surface area contributed by atoms with E-state index in [1.807, 2.05) is 0 Å². The molecule has 0 aliphatic rings. The number of aromatic nitrogens is 1. The van der Waals surface area contributed by atoms with Gasteiger partial charge in [-0.2, -0.15) is 0 Å². The first kappa shape index (κ1) is 9.98. The molecular formula is C8H9F3N2. The van der Waals surface area contributed by atoms with Crippen molar-refractivity contribution in [2.24, 2.45) is 5.73 Å². The summed E-state index contributed by atoms with van der Waals surface area (Å²) in [6.45, 7) is 1.28. The molecule has 0 saturated heterocycles. The minimum absolute atomic E-state index is 0.0926.